The highest BCUT2D eigenvalue weighted by molar-refractivity contribution is 9.10. The first kappa shape index (κ1) is 19.5. The highest BCUT2D eigenvalue weighted by Crippen LogP contribution is 2.43. The number of rotatable bonds is 3. The number of amides is 1. The van der Waals surface area contributed by atoms with Crippen molar-refractivity contribution in [2.45, 2.75) is 19.9 Å². The van der Waals surface area contributed by atoms with Crippen molar-refractivity contribution >= 4 is 49.8 Å². The molecular formula is C22H17BrN2O3S. The minimum Gasteiger partial charge on any atom is -0.507 e. The van der Waals surface area contributed by atoms with Gasteiger partial charge in [-0.05, 0) is 31.5 Å². The van der Waals surface area contributed by atoms with Crippen molar-refractivity contribution in [2.75, 3.05) is 4.90 Å². The summed E-state index contributed by atoms with van der Waals surface area (Å²) in [6, 6.07) is 15.4. The van der Waals surface area contributed by atoms with Crippen LogP contribution in [0.5, 0.6) is 0 Å². The van der Waals surface area contributed by atoms with Crippen molar-refractivity contribution in [3.63, 3.8) is 0 Å². The standard InChI is InChI=1S/C22H17BrN2O3S/c1-12-13(2)29-22(24-12)25-18(14-8-10-16(23)11-9-14)17(20(27)21(25)28)19(26)15-6-4-3-5-7-15/h3-11,18,26H,1-2H3. The van der Waals surface area contributed by atoms with E-state index in [1.54, 1.807) is 24.3 Å². The summed E-state index contributed by atoms with van der Waals surface area (Å²) in [7, 11) is 0. The van der Waals surface area contributed by atoms with Gasteiger partial charge < -0.3 is 5.11 Å². The fraction of sp³-hybridized carbons (Fsp3) is 0.136. The molecule has 4 rings (SSSR count). The Hall–Kier alpha value is -2.77. The summed E-state index contributed by atoms with van der Waals surface area (Å²) in [5.74, 6) is -1.60. The van der Waals surface area contributed by atoms with Gasteiger partial charge in [-0.2, -0.15) is 0 Å². The number of hydrogen-bond donors (Lipinski definition) is 1. The molecule has 1 aliphatic rings. The topological polar surface area (TPSA) is 70.5 Å². The van der Waals surface area contributed by atoms with Crippen LogP contribution in [0, 0.1) is 13.8 Å². The van der Waals surface area contributed by atoms with Crippen molar-refractivity contribution in [3.05, 3.63) is 86.3 Å². The number of carbonyl (C=O) groups excluding carboxylic acids is 2. The monoisotopic (exact) mass is 468 g/mol. The highest BCUT2D eigenvalue weighted by atomic mass is 79.9. The number of anilines is 1. The molecule has 2 aromatic carbocycles. The lowest BCUT2D eigenvalue weighted by atomic mass is 9.95. The number of aliphatic hydroxyl groups excluding tert-OH is 1. The number of aryl methyl sites for hydroxylation is 2. The van der Waals surface area contributed by atoms with Crippen LogP contribution in [0.1, 0.15) is 27.7 Å². The Kier molecular flexibility index (Phi) is 5.10. The van der Waals surface area contributed by atoms with Gasteiger partial charge in [0.05, 0.1) is 17.3 Å². The molecule has 3 aromatic rings. The van der Waals surface area contributed by atoms with Gasteiger partial charge in [-0.3, -0.25) is 14.5 Å². The maximum atomic E-state index is 13.0. The number of benzene rings is 2. The second-order valence-electron chi connectivity index (χ2n) is 6.72. The van der Waals surface area contributed by atoms with Crippen LogP contribution in [0.25, 0.3) is 5.76 Å². The normalized spacial score (nSPS) is 18.4. The zero-order chi connectivity index (χ0) is 20.7. The molecule has 7 heteroatoms. The number of ketones is 1. The van der Waals surface area contributed by atoms with Gasteiger partial charge in [0.1, 0.15) is 5.76 Å². The molecule has 1 amide bonds. The molecule has 1 saturated heterocycles. The summed E-state index contributed by atoms with van der Waals surface area (Å²) in [6.45, 7) is 3.79. The molecule has 29 heavy (non-hydrogen) atoms. The fourth-order valence-corrected chi connectivity index (χ4v) is 4.50. The third kappa shape index (κ3) is 3.41. The summed E-state index contributed by atoms with van der Waals surface area (Å²) in [5, 5.41) is 11.4. The predicted octanol–water partition coefficient (Wildman–Crippen LogP) is 5.15. The first-order valence-corrected chi connectivity index (χ1v) is 10.6. The summed E-state index contributed by atoms with van der Waals surface area (Å²) in [4.78, 5) is 32.9. The number of thiazole rings is 1. The van der Waals surface area contributed by atoms with Crippen LogP contribution in [0.15, 0.2) is 64.6 Å². The summed E-state index contributed by atoms with van der Waals surface area (Å²) < 4.78 is 0.877. The van der Waals surface area contributed by atoms with E-state index >= 15 is 0 Å². The summed E-state index contributed by atoms with van der Waals surface area (Å²) in [6.07, 6.45) is 0. The minimum atomic E-state index is -0.756. The number of aliphatic hydroxyl groups is 1. The number of nitrogens with zero attached hydrogens (tertiary/aromatic N) is 2. The zero-order valence-electron chi connectivity index (χ0n) is 15.7. The van der Waals surface area contributed by atoms with E-state index in [2.05, 4.69) is 20.9 Å². The van der Waals surface area contributed by atoms with Crippen LogP contribution in [-0.4, -0.2) is 21.8 Å². The lowest BCUT2D eigenvalue weighted by Crippen LogP contribution is -2.29. The molecule has 1 aliphatic heterocycles. The van der Waals surface area contributed by atoms with Crippen molar-refractivity contribution in [3.8, 4) is 0 Å². The van der Waals surface area contributed by atoms with Gasteiger partial charge in [0.25, 0.3) is 5.78 Å². The summed E-state index contributed by atoms with van der Waals surface area (Å²) in [5.41, 5.74) is 2.08. The van der Waals surface area contributed by atoms with Crippen molar-refractivity contribution in [1.82, 2.24) is 4.98 Å². The van der Waals surface area contributed by atoms with Gasteiger partial charge in [-0.15, -0.1) is 11.3 Å². The zero-order valence-corrected chi connectivity index (χ0v) is 18.1. The number of halogens is 1. The number of hydrogen-bond acceptors (Lipinski definition) is 5. The average molecular weight is 469 g/mol. The fourth-order valence-electron chi connectivity index (χ4n) is 3.30. The highest BCUT2D eigenvalue weighted by Gasteiger charge is 2.48. The number of aromatic nitrogens is 1. The van der Waals surface area contributed by atoms with Crippen molar-refractivity contribution in [2.24, 2.45) is 0 Å². The average Bonchev–Trinajstić information content (AvgIpc) is 3.18. The second-order valence-corrected chi connectivity index (χ2v) is 8.82. The van der Waals surface area contributed by atoms with Gasteiger partial charge in [0, 0.05) is 14.9 Å². The van der Waals surface area contributed by atoms with Crippen LogP contribution in [0.4, 0.5) is 5.13 Å². The van der Waals surface area contributed by atoms with Gasteiger partial charge in [0.15, 0.2) is 5.13 Å². The molecule has 1 atom stereocenters. The predicted molar refractivity (Wildman–Crippen MR) is 117 cm³/mol. The molecule has 0 bridgehead atoms. The van der Waals surface area contributed by atoms with Gasteiger partial charge >= 0.3 is 5.91 Å². The molecule has 5 nitrogen and oxygen atoms in total. The van der Waals surface area contributed by atoms with Crippen LogP contribution < -0.4 is 4.90 Å². The largest absolute Gasteiger partial charge is 0.507 e. The Morgan fingerprint density at radius 1 is 1.07 bits per heavy atom. The lowest BCUT2D eigenvalue weighted by Gasteiger charge is -2.23. The Bertz CT molecular complexity index is 1120. The molecular weight excluding hydrogens is 452 g/mol. The van der Waals surface area contributed by atoms with Gasteiger partial charge in [-0.1, -0.05) is 58.4 Å². The van der Waals surface area contributed by atoms with Gasteiger partial charge in [-0.25, -0.2) is 4.98 Å². The van der Waals surface area contributed by atoms with Crippen LogP contribution in [0.3, 0.4) is 0 Å². The molecule has 1 N–H and O–H groups in total. The van der Waals surface area contributed by atoms with Gasteiger partial charge in [0.2, 0.25) is 0 Å². The van der Waals surface area contributed by atoms with Crippen molar-refractivity contribution < 1.29 is 14.7 Å². The van der Waals surface area contributed by atoms with E-state index in [1.165, 1.54) is 16.2 Å². The Balaban J connectivity index is 1.95. The van der Waals surface area contributed by atoms with E-state index in [0.29, 0.717) is 10.7 Å². The Morgan fingerprint density at radius 2 is 1.72 bits per heavy atom. The molecule has 0 saturated carbocycles. The quantitative estimate of drug-likeness (QED) is 0.327. The first-order valence-electron chi connectivity index (χ1n) is 8.94. The van der Waals surface area contributed by atoms with E-state index in [9.17, 15) is 14.7 Å². The molecule has 0 radical (unpaired) electrons. The lowest BCUT2D eigenvalue weighted by molar-refractivity contribution is -0.132. The molecule has 146 valence electrons. The third-order valence-electron chi connectivity index (χ3n) is 4.90. The van der Waals surface area contributed by atoms with Crippen LogP contribution in [0.2, 0.25) is 0 Å². The van der Waals surface area contributed by atoms with Crippen LogP contribution in [-0.2, 0) is 9.59 Å². The summed E-state index contributed by atoms with van der Waals surface area (Å²) >= 11 is 4.77. The molecule has 1 unspecified atom stereocenters. The second kappa shape index (κ2) is 7.57. The molecule has 0 aliphatic carbocycles. The smallest absolute Gasteiger partial charge is 0.301 e. The Labute approximate surface area is 180 Å². The van der Waals surface area contributed by atoms with E-state index in [4.69, 9.17) is 0 Å². The van der Waals surface area contributed by atoms with E-state index in [-0.39, 0.29) is 11.3 Å². The maximum Gasteiger partial charge on any atom is 0.301 e. The third-order valence-corrected chi connectivity index (χ3v) is 6.50. The number of Topliss-reactive ketones (excluding diaryl/α,β-unsaturated/α-hetero) is 1. The molecule has 2 heterocycles. The van der Waals surface area contributed by atoms with Crippen molar-refractivity contribution in [1.29, 1.82) is 0 Å². The first-order chi connectivity index (χ1) is 13.9. The minimum absolute atomic E-state index is 0.0639. The maximum absolute atomic E-state index is 13.0. The van der Waals surface area contributed by atoms with E-state index in [0.717, 1.165) is 20.6 Å². The van der Waals surface area contributed by atoms with E-state index < -0.39 is 17.7 Å². The van der Waals surface area contributed by atoms with E-state index in [1.807, 2.05) is 44.2 Å². The number of carbonyl (C=O) groups is 2. The molecule has 1 fully saturated rings. The molecule has 1 aromatic heterocycles. The van der Waals surface area contributed by atoms with Crippen LogP contribution >= 0.6 is 27.3 Å². The SMILES string of the molecule is Cc1nc(N2C(=O)C(=O)C(=C(O)c3ccccc3)C2c2ccc(Br)cc2)sc1C. The molecule has 0 spiro atoms. The Morgan fingerprint density at radius 3 is 2.31 bits per heavy atom.